The van der Waals surface area contributed by atoms with Crippen LogP contribution < -0.4 is 16.2 Å². The van der Waals surface area contributed by atoms with Crippen LogP contribution >= 0.6 is 23.1 Å². The Morgan fingerprint density at radius 2 is 2.03 bits per heavy atom. The highest BCUT2D eigenvalue weighted by Gasteiger charge is 2.24. The Kier molecular flexibility index (Phi) is 6.66. The molecule has 0 bridgehead atoms. The maximum Gasteiger partial charge on any atom is 0.263 e. The quantitative estimate of drug-likeness (QED) is 0.414. The fourth-order valence-corrected chi connectivity index (χ4v) is 6.29. The van der Waals surface area contributed by atoms with E-state index >= 15 is 0 Å². The van der Waals surface area contributed by atoms with E-state index in [1.807, 2.05) is 6.92 Å². The van der Waals surface area contributed by atoms with E-state index < -0.39 is 0 Å². The number of benzene rings is 1. The number of nitrogens with zero attached hydrogens (tertiary/aromatic N) is 2. The molecular formula is C23H26N4O3S2. The molecular weight excluding hydrogens is 444 g/mol. The maximum atomic E-state index is 13.2. The molecule has 2 amide bonds. The van der Waals surface area contributed by atoms with Gasteiger partial charge in [0.15, 0.2) is 5.16 Å². The predicted octanol–water partition coefficient (Wildman–Crippen LogP) is 4.29. The molecule has 32 heavy (non-hydrogen) atoms. The highest BCUT2D eigenvalue weighted by Crippen LogP contribution is 2.36. The van der Waals surface area contributed by atoms with Crippen molar-refractivity contribution in [1.29, 1.82) is 0 Å². The summed E-state index contributed by atoms with van der Waals surface area (Å²) < 4.78 is 1.67. The summed E-state index contributed by atoms with van der Waals surface area (Å²) in [5.41, 5.74) is 2.38. The van der Waals surface area contributed by atoms with Gasteiger partial charge in [-0.3, -0.25) is 19.0 Å². The molecule has 1 unspecified atom stereocenters. The van der Waals surface area contributed by atoms with Gasteiger partial charge in [-0.05, 0) is 55.9 Å². The molecule has 2 heterocycles. The fourth-order valence-electron chi connectivity index (χ4n) is 4.00. The first-order valence-corrected chi connectivity index (χ1v) is 12.5. The lowest BCUT2D eigenvalue weighted by atomic mass is 9.89. The van der Waals surface area contributed by atoms with Crippen LogP contribution in [0.2, 0.25) is 0 Å². The Morgan fingerprint density at radius 1 is 1.28 bits per heavy atom. The molecule has 0 fully saturated rings. The van der Waals surface area contributed by atoms with E-state index in [2.05, 4.69) is 17.6 Å². The van der Waals surface area contributed by atoms with Crippen molar-refractivity contribution in [2.24, 2.45) is 5.92 Å². The largest absolute Gasteiger partial charge is 0.326 e. The van der Waals surface area contributed by atoms with Gasteiger partial charge in [0.1, 0.15) is 4.83 Å². The fraction of sp³-hybridized carbons (Fsp3) is 0.391. The number of aryl methyl sites for hydroxylation is 1. The summed E-state index contributed by atoms with van der Waals surface area (Å²) in [4.78, 5) is 43.8. The van der Waals surface area contributed by atoms with E-state index in [0.29, 0.717) is 29.0 Å². The van der Waals surface area contributed by atoms with Gasteiger partial charge >= 0.3 is 0 Å². The van der Waals surface area contributed by atoms with Crippen molar-refractivity contribution in [3.05, 3.63) is 45.1 Å². The van der Waals surface area contributed by atoms with E-state index in [1.165, 1.54) is 29.1 Å². The van der Waals surface area contributed by atoms with Gasteiger partial charge in [0.25, 0.3) is 5.56 Å². The number of carbonyl (C=O) groups excluding carboxylic acids is 2. The minimum Gasteiger partial charge on any atom is -0.326 e. The summed E-state index contributed by atoms with van der Waals surface area (Å²) >= 11 is 2.89. The molecule has 0 radical (unpaired) electrons. The number of carbonyl (C=O) groups is 2. The van der Waals surface area contributed by atoms with Gasteiger partial charge in [0.05, 0.1) is 11.1 Å². The van der Waals surface area contributed by atoms with E-state index in [9.17, 15) is 14.4 Å². The molecule has 2 aromatic heterocycles. The van der Waals surface area contributed by atoms with Crippen molar-refractivity contribution >= 4 is 56.5 Å². The van der Waals surface area contributed by atoms with Crippen LogP contribution in [-0.4, -0.2) is 27.1 Å². The zero-order valence-electron chi connectivity index (χ0n) is 18.4. The number of hydrogen-bond donors (Lipinski definition) is 2. The van der Waals surface area contributed by atoms with Crippen LogP contribution in [-0.2, 0) is 29.0 Å². The molecule has 7 nitrogen and oxygen atoms in total. The smallest absolute Gasteiger partial charge is 0.263 e. The van der Waals surface area contributed by atoms with Crippen LogP contribution in [0.5, 0.6) is 0 Å². The van der Waals surface area contributed by atoms with Crippen molar-refractivity contribution in [2.75, 3.05) is 16.4 Å². The van der Waals surface area contributed by atoms with Gasteiger partial charge in [-0.1, -0.05) is 24.8 Å². The predicted molar refractivity (Wildman–Crippen MR) is 131 cm³/mol. The van der Waals surface area contributed by atoms with Gasteiger partial charge < -0.3 is 10.6 Å². The summed E-state index contributed by atoms with van der Waals surface area (Å²) in [5, 5.41) is 6.87. The molecule has 0 aliphatic heterocycles. The monoisotopic (exact) mass is 470 g/mol. The summed E-state index contributed by atoms with van der Waals surface area (Å²) in [6.45, 7) is 6.11. The molecule has 2 N–H and O–H groups in total. The number of fused-ring (bicyclic) bond motifs is 3. The van der Waals surface area contributed by atoms with Gasteiger partial charge in [0, 0.05) is 29.7 Å². The lowest BCUT2D eigenvalue weighted by Gasteiger charge is -2.17. The number of aromatic nitrogens is 2. The lowest BCUT2D eigenvalue weighted by molar-refractivity contribution is -0.114. The molecule has 4 rings (SSSR count). The SMILES string of the molecule is CCn1c(SCC(=O)Nc2cccc(NC(C)=O)c2)nc2sc3c(c2c1=O)CCC(C)C3. The van der Waals surface area contributed by atoms with Gasteiger partial charge in [-0.15, -0.1) is 11.3 Å². The number of hydrogen-bond acceptors (Lipinski definition) is 6. The summed E-state index contributed by atoms with van der Waals surface area (Å²) in [6, 6.07) is 6.98. The Morgan fingerprint density at radius 3 is 2.75 bits per heavy atom. The number of nitrogens with one attached hydrogen (secondary N) is 2. The summed E-state index contributed by atoms with van der Waals surface area (Å²) in [7, 11) is 0. The maximum absolute atomic E-state index is 13.2. The first-order valence-electron chi connectivity index (χ1n) is 10.7. The topological polar surface area (TPSA) is 93.1 Å². The molecule has 0 saturated heterocycles. The molecule has 0 spiro atoms. The van der Waals surface area contributed by atoms with Crippen molar-refractivity contribution in [1.82, 2.24) is 9.55 Å². The minimum atomic E-state index is -0.203. The Balaban J connectivity index is 1.52. The normalized spacial score (nSPS) is 15.4. The van der Waals surface area contributed by atoms with Crippen LogP contribution in [0.15, 0.2) is 34.2 Å². The number of rotatable bonds is 6. The standard InChI is InChI=1S/C23H26N4O3S2/c1-4-27-22(30)20-17-9-8-13(2)10-18(17)32-21(20)26-23(27)31-12-19(29)25-16-7-5-6-15(11-16)24-14(3)28/h5-7,11,13H,4,8-10,12H2,1-3H3,(H,24,28)(H,25,29). The number of thiophene rings is 1. The van der Waals surface area contributed by atoms with E-state index in [0.717, 1.165) is 29.5 Å². The molecule has 1 atom stereocenters. The number of anilines is 2. The number of thioether (sulfide) groups is 1. The van der Waals surface area contributed by atoms with Crippen LogP contribution in [0.1, 0.15) is 37.6 Å². The van der Waals surface area contributed by atoms with Crippen molar-refractivity contribution < 1.29 is 9.59 Å². The van der Waals surface area contributed by atoms with E-state index in [4.69, 9.17) is 4.98 Å². The van der Waals surface area contributed by atoms with Crippen molar-refractivity contribution in [3.63, 3.8) is 0 Å². The third kappa shape index (κ3) is 4.73. The molecule has 9 heteroatoms. The number of amides is 2. The first-order chi connectivity index (χ1) is 15.4. The highest BCUT2D eigenvalue weighted by molar-refractivity contribution is 7.99. The van der Waals surface area contributed by atoms with E-state index in [1.54, 1.807) is 40.2 Å². The first kappa shape index (κ1) is 22.5. The third-order valence-corrected chi connectivity index (χ3v) is 7.62. The van der Waals surface area contributed by atoms with Gasteiger partial charge in [0.2, 0.25) is 11.8 Å². The van der Waals surface area contributed by atoms with Gasteiger partial charge in [-0.25, -0.2) is 4.98 Å². The molecule has 168 valence electrons. The highest BCUT2D eigenvalue weighted by atomic mass is 32.2. The van der Waals surface area contributed by atoms with Gasteiger partial charge in [-0.2, -0.15) is 0 Å². The molecule has 1 aliphatic carbocycles. The molecule has 1 aliphatic rings. The zero-order valence-corrected chi connectivity index (χ0v) is 20.0. The lowest BCUT2D eigenvalue weighted by Crippen LogP contribution is -2.24. The minimum absolute atomic E-state index is 0.00419. The average Bonchev–Trinajstić information content (AvgIpc) is 3.09. The Bertz CT molecular complexity index is 1250. The second-order valence-electron chi connectivity index (χ2n) is 8.07. The second kappa shape index (κ2) is 9.46. The average molecular weight is 471 g/mol. The third-order valence-electron chi connectivity index (χ3n) is 5.50. The van der Waals surface area contributed by atoms with Crippen LogP contribution in [0.3, 0.4) is 0 Å². The second-order valence-corrected chi connectivity index (χ2v) is 10.1. The van der Waals surface area contributed by atoms with Crippen molar-refractivity contribution in [3.8, 4) is 0 Å². The summed E-state index contributed by atoms with van der Waals surface area (Å²) in [5.74, 6) is 0.384. The van der Waals surface area contributed by atoms with Crippen LogP contribution in [0, 0.1) is 5.92 Å². The van der Waals surface area contributed by atoms with Crippen molar-refractivity contribution in [2.45, 2.75) is 51.7 Å². The zero-order chi connectivity index (χ0) is 22.8. The Labute approximate surface area is 194 Å². The van der Waals surface area contributed by atoms with Crippen LogP contribution in [0.25, 0.3) is 10.2 Å². The summed E-state index contributed by atoms with van der Waals surface area (Å²) in [6.07, 6.45) is 3.04. The molecule has 0 saturated carbocycles. The van der Waals surface area contributed by atoms with E-state index in [-0.39, 0.29) is 23.1 Å². The molecule has 3 aromatic rings. The Hall–Kier alpha value is -2.65. The molecule has 1 aromatic carbocycles. The van der Waals surface area contributed by atoms with Crippen LogP contribution in [0.4, 0.5) is 11.4 Å².